The summed E-state index contributed by atoms with van der Waals surface area (Å²) in [6.45, 7) is 3.08. The second kappa shape index (κ2) is 6.10. The van der Waals surface area contributed by atoms with Gasteiger partial charge in [0.25, 0.3) is 0 Å². The van der Waals surface area contributed by atoms with Crippen molar-refractivity contribution in [1.82, 2.24) is 5.32 Å². The maximum atomic E-state index is 5.54. The Morgan fingerprint density at radius 1 is 1.40 bits per heavy atom. The molecule has 1 N–H and O–H groups in total. The quantitative estimate of drug-likeness (QED) is 0.837. The molecule has 4 heteroatoms. The number of ether oxygens (including phenoxy) is 2. The van der Waals surface area contributed by atoms with Gasteiger partial charge in [0.15, 0.2) is 6.79 Å². The fraction of sp³-hybridized carbons (Fsp3) is 0.455. The first-order valence-electron chi connectivity index (χ1n) is 4.74. The molecular formula is C11H16BrNO2. The van der Waals surface area contributed by atoms with Gasteiger partial charge in [-0.05, 0) is 31.7 Å². The second-order valence-corrected chi connectivity index (χ2v) is 4.21. The predicted molar refractivity (Wildman–Crippen MR) is 64.1 cm³/mol. The van der Waals surface area contributed by atoms with Crippen LogP contribution in [0.25, 0.3) is 0 Å². The lowest BCUT2D eigenvalue weighted by molar-refractivity contribution is 0.0498. The lowest BCUT2D eigenvalue weighted by Crippen LogP contribution is -2.09. The van der Waals surface area contributed by atoms with E-state index in [9.17, 15) is 0 Å². The van der Waals surface area contributed by atoms with Gasteiger partial charge >= 0.3 is 0 Å². The van der Waals surface area contributed by atoms with E-state index >= 15 is 0 Å². The molecule has 0 heterocycles. The molecule has 0 saturated carbocycles. The number of hydrogen-bond donors (Lipinski definition) is 1. The van der Waals surface area contributed by atoms with Gasteiger partial charge in [0.1, 0.15) is 5.75 Å². The molecule has 0 aliphatic rings. The predicted octanol–water partition coefficient (Wildman–Crippen LogP) is 2.46. The van der Waals surface area contributed by atoms with Crippen LogP contribution in [0.5, 0.6) is 5.75 Å². The summed E-state index contributed by atoms with van der Waals surface area (Å²) in [6, 6.07) is 4.08. The van der Waals surface area contributed by atoms with Crippen molar-refractivity contribution in [3.05, 3.63) is 27.7 Å². The van der Waals surface area contributed by atoms with Gasteiger partial charge < -0.3 is 14.8 Å². The number of halogens is 1. The van der Waals surface area contributed by atoms with E-state index in [0.29, 0.717) is 0 Å². The van der Waals surface area contributed by atoms with Crippen molar-refractivity contribution in [1.29, 1.82) is 0 Å². The van der Waals surface area contributed by atoms with Crippen LogP contribution in [0.4, 0.5) is 0 Å². The summed E-state index contributed by atoms with van der Waals surface area (Å²) >= 11 is 3.47. The Morgan fingerprint density at radius 3 is 2.73 bits per heavy atom. The van der Waals surface area contributed by atoms with Crippen molar-refractivity contribution in [3.63, 3.8) is 0 Å². The van der Waals surface area contributed by atoms with Crippen LogP contribution in [0.2, 0.25) is 0 Å². The fourth-order valence-corrected chi connectivity index (χ4v) is 2.07. The molecule has 0 aliphatic carbocycles. The Morgan fingerprint density at radius 2 is 2.13 bits per heavy atom. The summed E-state index contributed by atoms with van der Waals surface area (Å²) in [7, 11) is 3.53. The zero-order chi connectivity index (χ0) is 11.3. The van der Waals surface area contributed by atoms with Gasteiger partial charge in [0, 0.05) is 23.7 Å². The van der Waals surface area contributed by atoms with Crippen LogP contribution in [0.1, 0.15) is 11.1 Å². The van der Waals surface area contributed by atoms with Gasteiger partial charge in [-0.3, -0.25) is 0 Å². The number of hydrogen-bond acceptors (Lipinski definition) is 3. The molecule has 1 aromatic rings. The SMILES string of the molecule is CNCc1cc(Br)cc(C)c1OCOC. The number of methoxy groups -OCH3 is 1. The first kappa shape index (κ1) is 12.5. The van der Waals surface area contributed by atoms with Gasteiger partial charge in [-0.25, -0.2) is 0 Å². The van der Waals surface area contributed by atoms with Gasteiger partial charge in [-0.15, -0.1) is 0 Å². The molecule has 0 radical (unpaired) electrons. The van der Waals surface area contributed by atoms with Crippen LogP contribution in [-0.2, 0) is 11.3 Å². The van der Waals surface area contributed by atoms with Crippen molar-refractivity contribution in [2.45, 2.75) is 13.5 Å². The average Bonchev–Trinajstić information content (AvgIpc) is 2.17. The summed E-state index contributed by atoms with van der Waals surface area (Å²) in [5, 5.41) is 3.11. The molecule has 0 bridgehead atoms. The molecular weight excluding hydrogens is 258 g/mol. The zero-order valence-electron chi connectivity index (χ0n) is 9.26. The monoisotopic (exact) mass is 273 g/mol. The van der Waals surface area contributed by atoms with Gasteiger partial charge in [0.05, 0.1) is 0 Å². The van der Waals surface area contributed by atoms with Crippen molar-refractivity contribution in [3.8, 4) is 5.75 Å². The summed E-state index contributed by atoms with van der Waals surface area (Å²) in [6.07, 6.45) is 0. The minimum Gasteiger partial charge on any atom is -0.467 e. The number of benzene rings is 1. The maximum Gasteiger partial charge on any atom is 0.188 e. The van der Waals surface area contributed by atoms with Crippen molar-refractivity contribution < 1.29 is 9.47 Å². The van der Waals surface area contributed by atoms with Crippen LogP contribution in [-0.4, -0.2) is 21.0 Å². The Balaban J connectivity index is 2.97. The molecule has 3 nitrogen and oxygen atoms in total. The molecule has 1 rings (SSSR count). The molecule has 0 saturated heterocycles. The molecule has 15 heavy (non-hydrogen) atoms. The van der Waals surface area contributed by atoms with Gasteiger partial charge in [0.2, 0.25) is 0 Å². The van der Waals surface area contributed by atoms with Crippen molar-refractivity contribution in [2.24, 2.45) is 0 Å². The highest BCUT2D eigenvalue weighted by Gasteiger charge is 2.08. The lowest BCUT2D eigenvalue weighted by atomic mass is 10.1. The van der Waals surface area contributed by atoms with Crippen LogP contribution in [0.15, 0.2) is 16.6 Å². The molecule has 0 aliphatic heterocycles. The first-order chi connectivity index (χ1) is 7.19. The fourth-order valence-electron chi connectivity index (χ4n) is 1.45. The van der Waals surface area contributed by atoms with Gasteiger partial charge in [-0.1, -0.05) is 15.9 Å². The van der Waals surface area contributed by atoms with E-state index in [1.165, 1.54) is 0 Å². The van der Waals surface area contributed by atoms with Crippen LogP contribution >= 0.6 is 15.9 Å². The maximum absolute atomic E-state index is 5.54. The molecule has 0 fully saturated rings. The molecule has 84 valence electrons. The summed E-state index contributed by atoms with van der Waals surface area (Å²) in [5.74, 6) is 0.898. The van der Waals surface area contributed by atoms with E-state index in [-0.39, 0.29) is 6.79 Å². The third kappa shape index (κ3) is 3.48. The van der Waals surface area contributed by atoms with Crippen molar-refractivity contribution in [2.75, 3.05) is 21.0 Å². The molecule has 0 atom stereocenters. The highest BCUT2D eigenvalue weighted by molar-refractivity contribution is 9.10. The van der Waals surface area contributed by atoms with E-state index < -0.39 is 0 Å². The largest absolute Gasteiger partial charge is 0.467 e. The lowest BCUT2D eigenvalue weighted by Gasteiger charge is -2.14. The number of aryl methyl sites for hydroxylation is 1. The first-order valence-corrected chi connectivity index (χ1v) is 5.53. The Kier molecular flexibility index (Phi) is 5.08. The summed E-state index contributed by atoms with van der Waals surface area (Å²) in [4.78, 5) is 0. The topological polar surface area (TPSA) is 30.5 Å². The van der Waals surface area contributed by atoms with E-state index in [4.69, 9.17) is 9.47 Å². The van der Waals surface area contributed by atoms with E-state index in [2.05, 4.69) is 27.3 Å². The molecule has 0 spiro atoms. The van der Waals surface area contributed by atoms with Crippen LogP contribution < -0.4 is 10.1 Å². The third-order valence-corrected chi connectivity index (χ3v) is 2.46. The Bertz CT molecular complexity index is 329. The number of rotatable bonds is 5. The van der Waals surface area contributed by atoms with E-state index in [0.717, 1.165) is 27.9 Å². The van der Waals surface area contributed by atoms with E-state index in [1.807, 2.05) is 20.0 Å². The van der Waals surface area contributed by atoms with Crippen LogP contribution in [0.3, 0.4) is 0 Å². The normalized spacial score (nSPS) is 10.4. The molecule has 0 unspecified atom stereocenters. The minimum absolute atomic E-state index is 0.277. The molecule has 0 amide bonds. The van der Waals surface area contributed by atoms with E-state index in [1.54, 1.807) is 7.11 Å². The Labute approximate surface area is 98.9 Å². The number of nitrogens with one attached hydrogen (secondary N) is 1. The standard InChI is InChI=1S/C11H16BrNO2/c1-8-4-10(12)5-9(6-13-2)11(8)15-7-14-3/h4-5,13H,6-7H2,1-3H3. The zero-order valence-corrected chi connectivity index (χ0v) is 10.8. The third-order valence-electron chi connectivity index (χ3n) is 2.00. The smallest absolute Gasteiger partial charge is 0.188 e. The highest BCUT2D eigenvalue weighted by atomic mass is 79.9. The van der Waals surface area contributed by atoms with Crippen LogP contribution in [0, 0.1) is 6.92 Å². The highest BCUT2D eigenvalue weighted by Crippen LogP contribution is 2.28. The minimum atomic E-state index is 0.277. The van der Waals surface area contributed by atoms with Gasteiger partial charge in [-0.2, -0.15) is 0 Å². The summed E-state index contributed by atoms with van der Waals surface area (Å²) < 4.78 is 11.5. The summed E-state index contributed by atoms with van der Waals surface area (Å²) in [5.41, 5.74) is 2.23. The molecule has 0 aromatic heterocycles. The average molecular weight is 274 g/mol. The molecule has 1 aromatic carbocycles. The second-order valence-electron chi connectivity index (χ2n) is 3.29. The Hall–Kier alpha value is -0.580. The van der Waals surface area contributed by atoms with Crippen molar-refractivity contribution >= 4 is 15.9 Å².